The number of aldehydes is 1. The van der Waals surface area contributed by atoms with Gasteiger partial charge in [-0.1, -0.05) is 20.8 Å². The van der Waals surface area contributed by atoms with Gasteiger partial charge in [-0.3, -0.25) is 4.79 Å². The molecule has 0 saturated heterocycles. The van der Waals surface area contributed by atoms with Crippen LogP contribution in [0.25, 0.3) is 5.95 Å². The van der Waals surface area contributed by atoms with Gasteiger partial charge in [0.1, 0.15) is 0 Å². The van der Waals surface area contributed by atoms with Crippen LogP contribution in [0.2, 0.25) is 0 Å². The summed E-state index contributed by atoms with van der Waals surface area (Å²) in [5.74, 6) is 0.496. The summed E-state index contributed by atoms with van der Waals surface area (Å²) in [5, 5.41) is 4.47. The molecule has 100 valence electrons. The highest BCUT2D eigenvalue weighted by Gasteiger charge is 2.23. The molecule has 0 unspecified atom stereocenters. The topological polar surface area (TPSA) is 60.7 Å². The number of aryl methyl sites for hydroxylation is 2. The predicted molar refractivity (Wildman–Crippen MR) is 72.7 cm³/mol. The van der Waals surface area contributed by atoms with Gasteiger partial charge in [-0.05, 0) is 19.9 Å². The van der Waals surface area contributed by atoms with Crippen molar-refractivity contribution in [1.82, 2.24) is 19.7 Å². The van der Waals surface area contributed by atoms with Crippen molar-refractivity contribution in [3.8, 4) is 5.95 Å². The standard InChI is InChI=1S/C14H18N4O/c1-9-6-10(2)16-13(15-9)18-7-11(8-19)12(17-18)14(3,4)5/h6-8H,1-5H3. The second kappa shape index (κ2) is 4.57. The van der Waals surface area contributed by atoms with Gasteiger partial charge in [-0.2, -0.15) is 5.10 Å². The Morgan fingerprint density at radius 3 is 2.16 bits per heavy atom. The van der Waals surface area contributed by atoms with E-state index in [4.69, 9.17) is 0 Å². The van der Waals surface area contributed by atoms with Gasteiger partial charge in [0.2, 0.25) is 0 Å². The second-order valence-electron chi connectivity index (χ2n) is 5.70. The molecule has 0 radical (unpaired) electrons. The summed E-state index contributed by atoms with van der Waals surface area (Å²) in [4.78, 5) is 19.9. The van der Waals surface area contributed by atoms with Crippen LogP contribution < -0.4 is 0 Å². The fraction of sp³-hybridized carbons (Fsp3) is 0.429. The smallest absolute Gasteiger partial charge is 0.250 e. The molecule has 0 aliphatic rings. The lowest BCUT2D eigenvalue weighted by Crippen LogP contribution is -2.15. The molecule has 0 amide bonds. The van der Waals surface area contributed by atoms with Crippen LogP contribution >= 0.6 is 0 Å². The zero-order valence-corrected chi connectivity index (χ0v) is 11.9. The average Bonchev–Trinajstić information content (AvgIpc) is 2.71. The highest BCUT2D eigenvalue weighted by atomic mass is 16.1. The van der Waals surface area contributed by atoms with Gasteiger partial charge in [0.05, 0.1) is 11.3 Å². The summed E-state index contributed by atoms with van der Waals surface area (Å²) in [5.41, 5.74) is 2.90. The molecule has 0 saturated carbocycles. The minimum absolute atomic E-state index is 0.194. The summed E-state index contributed by atoms with van der Waals surface area (Å²) in [7, 11) is 0. The molecule has 2 aromatic rings. The molecule has 0 atom stereocenters. The van der Waals surface area contributed by atoms with Gasteiger partial charge in [-0.25, -0.2) is 14.6 Å². The van der Waals surface area contributed by atoms with E-state index in [0.717, 1.165) is 23.4 Å². The van der Waals surface area contributed by atoms with Crippen molar-refractivity contribution in [2.75, 3.05) is 0 Å². The Morgan fingerprint density at radius 1 is 1.16 bits per heavy atom. The number of carbonyl (C=O) groups is 1. The number of rotatable bonds is 2. The van der Waals surface area contributed by atoms with Gasteiger partial charge in [0.25, 0.3) is 5.95 Å². The first-order valence-corrected chi connectivity index (χ1v) is 6.19. The highest BCUT2D eigenvalue weighted by Crippen LogP contribution is 2.24. The Morgan fingerprint density at radius 2 is 1.74 bits per heavy atom. The third-order valence-electron chi connectivity index (χ3n) is 2.76. The Bertz CT molecular complexity index is 603. The first-order valence-electron chi connectivity index (χ1n) is 6.19. The highest BCUT2D eigenvalue weighted by molar-refractivity contribution is 5.76. The molecular weight excluding hydrogens is 240 g/mol. The molecule has 0 aromatic carbocycles. The lowest BCUT2D eigenvalue weighted by Gasteiger charge is -2.15. The van der Waals surface area contributed by atoms with Crippen LogP contribution in [0.15, 0.2) is 12.3 Å². The maximum atomic E-state index is 11.2. The van der Waals surface area contributed by atoms with E-state index in [1.54, 1.807) is 10.9 Å². The van der Waals surface area contributed by atoms with E-state index in [1.807, 2.05) is 40.7 Å². The SMILES string of the molecule is Cc1cc(C)nc(-n2cc(C=O)c(C(C)(C)C)n2)n1. The van der Waals surface area contributed by atoms with Gasteiger partial charge in [-0.15, -0.1) is 0 Å². The van der Waals surface area contributed by atoms with Crippen molar-refractivity contribution in [1.29, 1.82) is 0 Å². The number of aromatic nitrogens is 4. The molecule has 5 nitrogen and oxygen atoms in total. The monoisotopic (exact) mass is 258 g/mol. The third-order valence-corrected chi connectivity index (χ3v) is 2.76. The quantitative estimate of drug-likeness (QED) is 0.776. The van der Waals surface area contributed by atoms with Crippen LogP contribution in [-0.2, 0) is 5.41 Å². The van der Waals surface area contributed by atoms with Crippen LogP contribution in [-0.4, -0.2) is 26.0 Å². The molecule has 2 rings (SSSR count). The van der Waals surface area contributed by atoms with Crippen LogP contribution in [0.1, 0.15) is 48.2 Å². The van der Waals surface area contributed by atoms with E-state index in [0.29, 0.717) is 11.5 Å². The van der Waals surface area contributed by atoms with Crippen molar-refractivity contribution >= 4 is 6.29 Å². The zero-order chi connectivity index (χ0) is 14.2. The first kappa shape index (κ1) is 13.4. The molecule has 0 fully saturated rings. The normalized spacial score (nSPS) is 11.6. The van der Waals surface area contributed by atoms with Crippen LogP contribution in [0.3, 0.4) is 0 Å². The molecule has 0 bridgehead atoms. The number of nitrogens with zero attached hydrogens (tertiary/aromatic N) is 4. The average molecular weight is 258 g/mol. The minimum atomic E-state index is -0.194. The van der Waals surface area contributed by atoms with E-state index in [-0.39, 0.29) is 5.41 Å². The largest absolute Gasteiger partial charge is 0.298 e. The van der Waals surface area contributed by atoms with Crippen LogP contribution in [0.4, 0.5) is 0 Å². The minimum Gasteiger partial charge on any atom is -0.298 e. The fourth-order valence-electron chi connectivity index (χ4n) is 1.97. The molecule has 0 aliphatic carbocycles. The molecule has 19 heavy (non-hydrogen) atoms. The maximum Gasteiger partial charge on any atom is 0.250 e. The molecule has 2 heterocycles. The summed E-state index contributed by atoms with van der Waals surface area (Å²) in [6, 6.07) is 1.90. The van der Waals surface area contributed by atoms with Crippen molar-refractivity contribution in [3.05, 3.63) is 34.9 Å². The van der Waals surface area contributed by atoms with Crippen molar-refractivity contribution < 1.29 is 4.79 Å². The van der Waals surface area contributed by atoms with Gasteiger partial charge in [0, 0.05) is 23.0 Å². The number of hydrogen-bond acceptors (Lipinski definition) is 4. The van der Waals surface area contributed by atoms with E-state index in [1.165, 1.54) is 0 Å². The summed E-state index contributed by atoms with van der Waals surface area (Å²) in [6.07, 6.45) is 2.51. The number of carbonyl (C=O) groups excluding carboxylic acids is 1. The summed E-state index contributed by atoms with van der Waals surface area (Å²) >= 11 is 0. The molecule has 5 heteroatoms. The van der Waals surface area contributed by atoms with E-state index in [2.05, 4.69) is 15.1 Å². The Hall–Kier alpha value is -2.04. The van der Waals surface area contributed by atoms with E-state index in [9.17, 15) is 4.79 Å². The third kappa shape index (κ3) is 2.70. The Balaban J connectivity index is 2.58. The van der Waals surface area contributed by atoms with E-state index >= 15 is 0 Å². The van der Waals surface area contributed by atoms with Crippen molar-refractivity contribution in [2.24, 2.45) is 0 Å². The van der Waals surface area contributed by atoms with Gasteiger partial charge < -0.3 is 0 Å². The molecular formula is C14H18N4O. The molecule has 2 aromatic heterocycles. The van der Waals surface area contributed by atoms with E-state index < -0.39 is 0 Å². The molecule has 0 N–H and O–H groups in total. The summed E-state index contributed by atoms with van der Waals surface area (Å²) in [6.45, 7) is 9.89. The first-order chi connectivity index (χ1) is 8.81. The lowest BCUT2D eigenvalue weighted by atomic mass is 9.90. The Labute approximate surface area is 112 Å². The van der Waals surface area contributed by atoms with Crippen molar-refractivity contribution in [2.45, 2.75) is 40.0 Å². The van der Waals surface area contributed by atoms with Crippen LogP contribution in [0, 0.1) is 13.8 Å². The molecule has 0 spiro atoms. The second-order valence-corrected chi connectivity index (χ2v) is 5.70. The lowest BCUT2D eigenvalue weighted by molar-refractivity contribution is 0.112. The Kier molecular flexibility index (Phi) is 3.22. The maximum absolute atomic E-state index is 11.2. The molecule has 0 aliphatic heterocycles. The van der Waals surface area contributed by atoms with Gasteiger partial charge in [0.15, 0.2) is 6.29 Å². The van der Waals surface area contributed by atoms with Crippen molar-refractivity contribution in [3.63, 3.8) is 0 Å². The van der Waals surface area contributed by atoms with Crippen LogP contribution in [0.5, 0.6) is 0 Å². The van der Waals surface area contributed by atoms with Gasteiger partial charge >= 0.3 is 0 Å². The zero-order valence-electron chi connectivity index (χ0n) is 11.9. The fourth-order valence-corrected chi connectivity index (χ4v) is 1.97. The summed E-state index contributed by atoms with van der Waals surface area (Å²) < 4.78 is 1.57. The number of hydrogen-bond donors (Lipinski definition) is 0. The predicted octanol–water partition coefficient (Wildman–Crippen LogP) is 2.39.